The van der Waals surface area contributed by atoms with Crippen molar-refractivity contribution in [3.8, 4) is 0 Å². The standard InChI is InChI=1S/C15H24N2O3S/c1-6-10-8-12(21(16,19)20)9-11(7-2)13(10)17-14(18)15(3,4)5/h8-9H,6-7H2,1-5H3,(H,17,18)(H2,16,19,20). The van der Waals surface area contributed by atoms with Gasteiger partial charge in [0.2, 0.25) is 15.9 Å². The highest BCUT2D eigenvalue weighted by Gasteiger charge is 2.24. The number of carbonyl (C=O) groups is 1. The fourth-order valence-electron chi connectivity index (χ4n) is 1.92. The minimum atomic E-state index is -3.75. The van der Waals surface area contributed by atoms with Gasteiger partial charge in [-0.2, -0.15) is 0 Å². The summed E-state index contributed by atoms with van der Waals surface area (Å²) in [6.45, 7) is 9.32. The highest BCUT2D eigenvalue weighted by molar-refractivity contribution is 7.89. The van der Waals surface area contributed by atoms with Gasteiger partial charge in [-0.25, -0.2) is 13.6 Å². The van der Waals surface area contributed by atoms with Crippen LogP contribution in [0.3, 0.4) is 0 Å². The van der Waals surface area contributed by atoms with Gasteiger partial charge in [-0.05, 0) is 36.1 Å². The quantitative estimate of drug-likeness (QED) is 0.895. The number of nitrogens with one attached hydrogen (secondary N) is 1. The summed E-state index contributed by atoms with van der Waals surface area (Å²) >= 11 is 0. The van der Waals surface area contributed by atoms with Crippen LogP contribution in [0.2, 0.25) is 0 Å². The summed E-state index contributed by atoms with van der Waals surface area (Å²) in [5, 5.41) is 8.13. The minimum absolute atomic E-state index is 0.0879. The first kappa shape index (κ1) is 17.7. The molecule has 6 heteroatoms. The summed E-state index contributed by atoms with van der Waals surface area (Å²) in [6.07, 6.45) is 1.21. The first-order valence-corrected chi connectivity index (χ1v) is 8.55. The van der Waals surface area contributed by atoms with Crippen molar-refractivity contribution < 1.29 is 13.2 Å². The van der Waals surface area contributed by atoms with Crippen LogP contribution in [-0.4, -0.2) is 14.3 Å². The van der Waals surface area contributed by atoms with Gasteiger partial charge in [0.25, 0.3) is 0 Å². The maximum Gasteiger partial charge on any atom is 0.238 e. The van der Waals surface area contributed by atoms with Gasteiger partial charge in [0.15, 0.2) is 0 Å². The monoisotopic (exact) mass is 312 g/mol. The zero-order valence-corrected chi connectivity index (χ0v) is 14.1. The van der Waals surface area contributed by atoms with Crippen LogP contribution in [0.4, 0.5) is 5.69 Å². The summed E-state index contributed by atoms with van der Waals surface area (Å²) in [4.78, 5) is 12.3. The Hall–Kier alpha value is -1.40. The molecule has 1 amide bonds. The van der Waals surface area contributed by atoms with Crippen molar-refractivity contribution in [1.82, 2.24) is 0 Å². The zero-order chi connectivity index (χ0) is 16.4. The normalized spacial score (nSPS) is 12.3. The number of hydrogen-bond acceptors (Lipinski definition) is 3. The van der Waals surface area contributed by atoms with Crippen LogP contribution in [0.15, 0.2) is 17.0 Å². The van der Waals surface area contributed by atoms with Crippen molar-refractivity contribution in [2.45, 2.75) is 52.4 Å². The van der Waals surface area contributed by atoms with Crippen molar-refractivity contribution >= 4 is 21.6 Å². The Morgan fingerprint density at radius 1 is 1.14 bits per heavy atom. The molecule has 0 spiro atoms. The Morgan fingerprint density at radius 2 is 1.57 bits per heavy atom. The molecule has 1 rings (SSSR count). The van der Waals surface area contributed by atoms with Crippen LogP contribution >= 0.6 is 0 Å². The lowest BCUT2D eigenvalue weighted by Crippen LogP contribution is -2.28. The molecule has 0 aliphatic heterocycles. The second-order valence-corrected chi connectivity index (χ2v) is 7.63. The van der Waals surface area contributed by atoms with Crippen molar-refractivity contribution in [1.29, 1.82) is 0 Å². The lowest BCUT2D eigenvalue weighted by atomic mass is 9.94. The van der Waals surface area contributed by atoms with Crippen LogP contribution in [0.5, 0.6) is 0 Å². The molecule has 0 fully saturated rings. The van der Waals surface area contributed by atoms with Crippen LogP contribution in [0.1, 0.15) is 45.7 Å². The number of sulfonamides is 1. The lowest BCUT2D eigenvalue weighted by molar-refractivity contribution is -0.123. The summed E-state index contributed by atoms with van der Waals surface area (Å²) in [5.41, 5.74) is 1.73. The Bertz CT molecular complexity index is 618. The Labute approximate surface area is 127 Å². The molecular weight excluding hydrogens is 288 g/mol. The highest BCUT2D eigenvalue weighted by Crippen LogP contribution is 2.28. The molecule has 0 aliphatic rings. The average Bonchev–Trinajstić information content (AvgIpc) is 2.36. The van der Waals surface area contributed by atoms with Gasteiger partial charge in [0.05, 0.1) is 4.90 Å². The van der Waals surface area contributed by atoms with Gasteiger partial charge in [-0.1, -0.05) is 34.6 Å². The average molecular weight is 312 g/mol. The summed E-state index contributed by atoms with van der Waals surface area (Å²) in [7, 11) is -3.75. The minimum Gasteiger partial charge on any atom is -0.325 e. The Kier molecular flexibility index (Phi) is 5.17. The zero-order valence-electron chi connectivity index (χ0n) is 13.3. The molecule has 21 heavy (non-hydrogen) atoms. The third-order valence-electron chi connectivity index (χ3n) is 3.29. The van der Waals surface area contributed by atoms with E-state index in [1.807, 2.05) is 34.6 Å². The van der Waals surface area contributed by atoms with Gasteiger partial charge in [-0.15, -0.1) is 0 Å². The van der Waals surface area contributed by atoms with Gasteiger partial charge in [-0.3, -0.25) is 4.79 Å². The van der Waals surface area contributed by atoms with Crippen LogP contribution in [-0.2, 0) is 27.7 Å². The molecule has 0 saturated carbocycles. The fourth-order valence-corrected chi connectivity index (χ4v) is 2.53. The number of carbonyl (C=O) groups excluding carboxylic acids is 1. The fraction of sp³-hybridized carbons (Fsp3) is 0.533. The van der Waals surface area contributed by atoms with E-state index in [1.165, 1.54) is 12.1 Å². The number of hydrogen-bond donors (Lipinski definition) is 2. The van der Waals surface area contributed by atoms with E-state index < -0.39 is 15.4 Å². The van der Waals surface area contributed by atoms with Crippen LogP contribution in [0.25, 0.3) is 0 Å². The smallest absolute Gasteiger partial charge is 0.238 e. The largest absolute Gasteiger partial charge is 0.325 e. The van der Waals surface area contributed by atoms with E-state index in [1.54, 1.807) is 0 Å². The van der Waals surface area contributed by atoms with Crippen molar-refractivity contribution in [2.75, 3.05) is 5.32 Å². The van der Waals surface area contributed by atoms with Crippen LogP contribution < -0.4 is 10.5 Å². The number of primary sulfonamides is 1. The molecular formula is C15H24N2O3S. The molecule has 3 N–H and O–H groups in total. The SMILES string of the molecule is CCc1cc(S(N)(=O)=O)cc(CC)c1NC(=O)C(C)(C)C. The molecule has 0 aromatic heterocycles. The van der Waals surface area contributed by atoms with E-state index in [4.69, 9.17) is 5.14 Å². The third-order valence-corrected chi connectivity index (χ3v) is 4.18. The molecule has 0 heterocycles. The lowest BCUT2D eigenvalue weighted by Gasteiger charge is -2.22. The molecule has 1 aromatic carbocycles. The van der Waals surface area contributed by atoms with Gasteiger partial charge in [0, 0.05) is 11.1 Å². The van der Waals surface area contributed by atoms with Gasteiger partial charge >= 0.3 is 0 Å². The number of benzene rings is 1. The third kappa shape index (κ3) is 4.28. The first-order valence-electron chi connectivity index (χ1n) is 7.00. The van der Waals surface area contributed by atoms with E-state index in [-0.39, 0.29) is 10.8 Å². The predicted molar refractivity (Wildman–Crippen MR) is 84.7 cm³/mol. The van der Waals surface area contributed by atoms with Gasteiger partial charge < -0.3 is 5.32 Å². The number of amides is 1. The molecule has 5 nitrogen and oxygen atoms in total. The van der Waals surface area contributed by atoms with Gasteiger partial charge in [0.1, 0.15) is 0 Å². The highest BCUT2D eigenvalue weighted by atomic mass is 32.2. The van der Waals surface area contributed by atoms with E-state index in [0.717, 1.165) is 11.1 Å². The number of aryl methyl sites for hydroxylation is 2. The maximum absolute atomic E-state index is 12.2. The summed E-state index contributed by atoms with van der Waals surface area (Å²) in [6, 6.07) is 3.07. The second kappa shape index (κ2) is 6.15. The topological polar surface area (TPSA) is 89.3 Å². The molecule has 118 valence electrons. The Balaban J connectivity index is 3.42. The van der Waals surface area contributed by atoms with E-state index in [9.17, 15) is 13.2 Å². The molecule has 0 radical (unpaired) electrons. The number of anilines is 1. The number of rotatable bonds is 4. The van der Waals surface area contributed by atoms with E-state index in [0.29, 0.717) is 18.5 Å². The van der Waals surface area contributed by atoms with E-state index in [2.05, 4.69) is 5.32 Å². The molecule has 0 aliphatic carbocycles. The summed E-state index contributed by atoms with van der Waals surface area (Å²) < 4.78 is 23.1. The molecule has 0 atom stereocenters. The molecule has 0 saturated heterocycles. The van der Waals surface area contributed by atoms with Crippen LogP contribution in [0, 0.1) is 5.41 Å². The number of nitrogens with two attached hydrogens (primary N) is 1. The van der Waals surface area contributed by atoms with Crippen molar-refractivity contribution in [2.24, 2.45) is 10.6 Å². The van der Waals surface area contributed by atoms with Crippen molar-refractivity contribution in [3.63, 3.8) is 0 Å². The molecule has 0 bridgehead atoms. The maximum atomic E-state index is 12.2. The first-order chi connectivity index (χ1) is 9.50. The Morgan fingerprint density at radius 3 is 1.86 bits per heavy atom. The van der Waals surface area contributed by atoms with Crippen molar-refractivity contribution in [3.05, 3.63) is 23.3 Å². The summed E-state index contributed by atoms with van der Waals surface area (Å²) in [5.74, 6) is -0.102. The predicted octanol–water partition coefficient (Wildman–Crippen LogP) is 2.44. The van der Waals surface area contributed by atoms with E-state index >= 15 is 0 Å². The second-order valence-electron chi connectivity index (χ2n) is 6.07. The molecule has 1 aromatic rings. The molecule has 0 unspecified atom stereocenters.